The first kappa shape index (κ1) is 21.9. The summed E-state index contributed by atoms with van der Waals surface area (Å²) in [7, 11) is -4.01. The summed E-state index contributed by atoms with van der Waals surface area (Å²) in [5.74, 6) is -1.44. The van der Waals surface area contributed by atoms with Crippen molar-refractivity contribution < 1.29 is 41.5 Å². The first-order chi connectivity index (χ1) is 14.2. The van der Waals surface area contributed by atoms with Crippen LogP contribution < -0.4 is 0 Å². The minimum Gasteiger partial charge on any atom is -0.459 e. The number of esters is 2. The van der Waals surface area contributed by atoms with Crippen molar-refractivity contribution in [1.82, 2.24) is 0 Å². The molecule has 0 bridgehead atoms. The van der Waals surface area contributed by atoms with Crippen LogP contribution in [0.15, 0.2) is 60.7 Å². The van der Waals surface area contributed by atoms with Crippen molar-refractivity contribution in [2.24, 2.45) is 0 Å². The van der Waals surface area contributed by atoms with Gasteiger partial charge in [-0.25, -0.2) is 9.59 Å². The second-order valence-corrected chi connectivity index (χ2v) is 8.13. The van der Waals surface area contributed by atoms with Crippen molar-refractivity contribution in [3.05, 3.63) is 71.8 Å². The lowest BCUT2D eigenvalue weighted by Crippen LogP contribution is -2.41. The molecule has 0 amide bonds. The van der Waals surface area contributed by atoms with Gasteiger partial charge >= 0.3 is 11.9 Å². The topological polar surface area (TPSA) is 125 Å². The van der Waals surface area contributed by atoms with Crippen LogP contribution in [0.1, 0.15) is 20.7 Å². The maximum atomic E-state index is 12.5. The molecule has 0 saturated carbocycles. The molecule has 2 aromatic carbocycles. The maximum Gasteiger partial charge on any atom is 0.338 e. The molecule has 1 heterocycles. The summed E-state index contributed by atoms with van der Waals surface area (Å²) in [6, 6.07) is 16.1. The molecule has 0 aromatic heterocycles. The van der Waals surface area contributed by atoms with Gasteiger partial charge in [-0.15, -0.1) is 0 Å². The Balaban J connectivity index is 1.75. The van der Waals surface area contributed by atoms with Crippen LogP contribution in [0.5, 0.6) is 0 Å². The van der Waals surface area contributed by atoms with Crippen molar-refractivity contribution in [3.63, 3.8) is 0 Å². The SMILES string of the molecule is CS(=O)(=O)O[C@H]1[C@H](OC(=O)c2ccccc2)[C@H](COC(=O)c2ccccc2)O[C@@H]1O. The molecule has 0 spiro atoms. The Morgan fingerprint density at radius 3 is 2.00 bits per heavy atom. The molecule has 1 N–H and O–H groups in total. The van der Waals surface area contributed by atoms with Gasteiger partial charge in [-0.05, 0) is 24.3 Å². The van der Waals surface area contributed by atoms with Crippen LogP contribution >= 0.6 is 0 Å². The van der Waals surface area contributed by atoms with E-state index in [0.29, 0.717) is 0 Å². The van der Waals surface area contributed by atoms with Gasteiger partial charge in [-0.2, -0.15) is 8.42 Å². The smallest absolute Gasteiger partial charge is 0.338 e. The fourth-order valence-electron chi connectivity index (χ4n) is 2.87. The number of hydrogen-bond acceptors (Lipinski definition) is 9. The number of aliphatic hydroxyl groups is 1. The second kappa shape index (κ2) is 9.35. The van der Waals surface area contributed by atoms with Crippen LogP contribution in [0.2, 0.25) is 0 Å². The molecular weight excluding hydrogens is 416 g/mol. The van der Waals surface area contributed by atoms with Gasteiger partial charge < -0.3 is 19.3 Å². The largest absolute Gasteiger partial charge is 0.459 e. The van der Waals surface area contributed by atoms with Crippen molar-refractivity contribution in [3.8, 4) is 0 Å². The molecule has 9 nitrogen and oxygen atoms in total. The van der Waals surface area contributed by atoms with Crippen molar-refractivity contribution in [2.75, 3.05) is 12.9 Å². The highest BCUT2D eigenvalue weighted by Crippen LogP contribution is 2.28. The maximum absolute atomic E-state index is 12.5. The fraction of sp³-hybridized carbons (Fsp3) is 0.300. The van der Waals surface area contributed by atoms with Crippen LogP contribution in [0, 0.1) is 0 Å². The van der Waals surface area contributed by atoms with E-state index in [2.05, 4.69) is 0 Å². The average molecular weight is 436 g/mol. The van der Waals surface area contributed by atoms with Crippen LogP contribution in [-0.2, 0) is 28.5 Å². The first-order valence-electron chi connectivity index (χ1n) is 8.94. The Labute approximate surface area is 173 Å². The predicted molar refractivity (Wildman–Crippen MR) is 103 cm³/mol. The third-order valence-corrected chi connectivity index (χ3v) is 4.78. The van der Waals surface area contributed by atoms with Crippen molar-refractivity contribution in [1.29, 1.82) is 0 Å². The molecule has 1 saturated heterocycles. The normalized spacial score (nSPS) is 23.7. The lowest BCUT2D eigenvalue weighted by molar-refractivity contribution is -0.128. The Hall–Kier alpha value is -2.79. The van der Waals surface area contributed by atoms with E-state index < -0.39 is 53.3 Å². The van der Waals surface area contributed by atoms with Gasteiger partial charge in [0.05, 0.1) is 17.4 Å². The molecule has 1 fully saturated rings. The van der Waals surface area contributed by atoms with Gasteiger partial charge in [0.25, 0.3) is 10.1 Å². The average Bonchev–Trinajstić information content (AvgIpc) is 3.00. The minimum absolute atomic E-state index is 0.206. The summed E-state index contributed by atoms with van der Waals surface area (Å²) in [5, 5.41) is 10.1. The fourth-order valence-corrected chi connectivity index (χ4v) is 3.48. The number of hydrogen-bond donors (Lipinski definition) is 1. The van der Waals surface area contributed by atoms with Crippen molar-refractivity contribution in [2.45, 2.75) is 24.6 Å². The predicted octanol–water partition coefficient (Wildman–Crippen LogP) is 1.13. The molecule has 4 atom stereocenters. The standard InChI is InChI=1S/C20H20O9S/c1-30(24,25)29-17-16(28-19(22)14-10-6-3-7-11-14)15(27-20(17)23)12-26-18(21)13-8-4-2-5-9-13/h2-11,15-17,20,23H,12H2,1H3/t15-,16+,17-,20-/m0/s1. The number of benzene rings is 2. The highest BCUT2D eigenvalue weighted by atomic mass is 32.2. The van der Waals surface area contributed by atoms with E-state index in [1.165, 1.54) is 12.1 Å². The molecule has 1 aliphatic rings. The lowest BCUT2D eigenvalue weighted by atomic mass is 10.1. The second-order valence-electron chi connectivity index (χ2n) is 6.53. The zero-order valence-corrected chi connectivity index (χ0v) is 16.7. The van der Waals surface area contributed by atoms with Crippen LogP contribution in [0.4, 0.5) is 0 Å². The summed E-state index contributed by atoms with van der Waals surface area (Å²) in [6.07, 6.45) is -4.93. The van der Waals surface area contributed by atoms with E-state index in [1.54, 1.807) is 48.5 Å². The third-order valence-electron chi connectivity index (χ3n) is 4.21. The number of rotatable bonds is 7. The number of carbonyl (C=O) groups excluding carboxylic acids is 2. The highest BCUT2D eigenvalue weighted by Gasteiger charge is 2.49. The number of ether oxygens (including phenoxy) is 3. The summed E-state index contributed by atoms with van der Waals surface area (Å²) in [6.45, 7) is -0.402. The third kappa shape index (κ3) is 5.63. The van der Waals surface area contributed by atoms with E-state index in [-0.39, 0.29) is 11.1 Å². The quantitative estimate of drug-likeness (QED) is 0.502. The van der Waals surface area contributed by atoms with Gasteiger partial charge in [0.1, 0.15) is 12.7 Å². The first-order valence-corrected chi connectivity index (χ1v) is 10.8. The minimum atomic E-state index is -4.01. The molecule has 10 heteroatoms. The number of aliphatic hydroxyl groups excluding tert-OH is 1. The summed E-state index contributed by atoms with van der Waals surface area (Å²) < 4.78 is 43.8. The zero-order valence-electron chi connectivity index (χ0n) is 15.9. The molecule has 160 valence electrons. The van der Waals surface area contributed by atoms with E-state index in [9.17, 15) is 23.1 Å². The summed E-state index contributed by atoms with van der Waals surface area (Å²) >= 11 is 0. The van der Waals surface area contributed by atoms with Crippen molar-refractivity contribution >= 4 is 22.1 Å². The van der Waals surface area contributed by atoms with Crippen LogP contribution in [0.25, 0.3) is 0 Å². The Morgan fingerprint density at radius 1 is 0.933 bits per heavy atom. The molecule has 1 aliphatic heterocycles. The van der Waals surface area contributed by atoms with E-state index in [1.807, 2.05) is 0 Å². The summed E-state index contributed by atoms with van der Waals surface area (Å²) in [4.78, 5) is 24.6. The molecule has 30 heavy (non-hydrogen) atoms. The number of carbonyl (C=O) groups is 2. The Morgan fingerprint density at radius 2 is 1.47 bits per heavy atom. The van der Waals surface area contributed by atoms with E-state index in [4.69, 9.17) is 18.4 Å². The van der Waals surface area contributed by atoms with Gasteiger partial charge in [0.2, 0.25) is 0 Å². The molecule has 0 unspecified atom stereocenters. The van der Waals surface area contributed by atoms with Crippen LogP contribution in [-0.4, -0.2) is 62.9 Å². The molecule has 0 radical (unpaired) electrons. The highest BCUT2D eigenvalue weighted by molar-refractivity contribution is 7.86. The van der Waals surface area contributed by atoms with Gasteiger partial charge in [0.15, 0.2) is 18.5 Å². The van der Waals surface area contributed by atoms with Gasteiger partial charge in [0, 0.05) is 0 Å². The zero-order chi connectivity index (χ0) is 21.7. The van der Waals surface area contributed by atoms with Gasteiger partial charge in [-0.3, -0.25) is 4.18 Å². The molecule has 2 aromatic rings. The van der Waals surface area contributed by atoms with E-state index >= 15 is 0 Å². The van der Waals surface area contributed by atoms with Crippen LogP contribution in [0.3, 0.4) is 0 Å². The Bertz CT molecular complexity index is 976. The molecular formula is C20H20O9S. The monoisotopic (exact) mass is 436 g/mol. The van der Waals surface area contributed by atoms with E-state index in [0.717, 1.165) is 6.26 Å². The summed E-state index contributed by atoms with van der Waals surface area (Å²) in [5.41, 5.74) is 0.495. The molecule has 0 aliphatic carbocycles. The molecule has 3 rings (SSSR count). The Kier molecular flexibility index (Phi) is 6.83. The van der Waals surface area contributed by atoms with Gasteiger partial charge in [-0.1, -0.05) is 36.4 Å². The lowest BCUT2D eigenvalue weighted by Gasteiger charge is -2.22.